The van der Waals surface area contributed by atoms with Gasteiger partial charge in [0.05, 0.1) is 16.3 Å². The molecule has 2 N–H and O–H groups in total. The highest BCUT2D eigenvalue weighted by Crippen LogP contribution is 2.37. The molecular formula is C13H15N3S2. The predicted molar refractivity (Wildman–Crippen MR) is 79.6 cm³/mol. The van der Waals surface area contributed by atoms with Crippen LogP contribution in [-0.2, 0) is 0 Å². The van der Waals surface area contributed by atoms with E-state index in [9.17, 15) is 0 Å². The number of nitrogens with two attached hydrogens (primary N) is 1. The summed E-state index contributed by atoms with van der Waals surface area (Å²) in [5.41, 5.74) is 8.47. The Morgan fingerprint density at radius 2 is 2.17 bits per heavy atom. The van der Waals surface area contributed by atoms with Gasteiger partial charge in [-0.1, -0.05) is 19.9 Å². The topological polar surface area (TPSA) is 43.3 Å². The quantitative estimate of drug-likeness (QED) is 0.765. The summed E-state index contributed by atoms with van der Waals surface area (Å²) in [6.45, 7) is 6.38. The van der Waals surface area contributed by atoms with E-state index >= 15 is 0 Å². The third-order valence-corrected chi connectivity index (χ3v) is 4.85. The molecule has 0 fully saturated rings. The van der Waals surface area contributed by atoms with Crippen LogP contribution in [0.4, 0.5) is 5.82 Å². The van der Waals surface area contributed by atoms with E-state index in [1.807, 2.05) is 0 Å². The lowest BCUT2D eigenvalue weighted by atomic mass is 10.1. The standard InChI is InChI=1S/C13H15N3S2/c1-7(2)10-12(14)16-11(9-5-4-6-17-9)8(3)18-13(16)15-10/h4-7H,14H2,1-3H3. The second kappa shape index (κ2) is 4.10. The number of hydrogen-bond donors (Lipinski definition) is 1. The van der Waals surface area contributed by atoms with Crippen molar-refractivity contribution in [2.45, 2.75) is 26.7 Å². The summed E-state index contributed by atoms with van der Waals surface area (Å²) >= 11 is 3.45. The van der Waals surface area contributed by atoms with Crippen LogP contribution in [0.25, 0.3) is 15.5 Å². The normalized spacial score (nSPS) is 11.8. The number of rotatable bonds is 2. The first-order valence-electron chi connectivity index (χ1n) is 5.90. The van der Waals surface area contributed by atoms with E-state index in [1.165, 1.54) is 15.4 Å². The first-order valence-corrected chi connectivity index (χ1v) is 7.60. The van der Waals surface area contributed by atoms with Gasteiger partial charge < -0.3 is 5.73 Å². The fourth-order valence-electron chi connectivity index (χ4n) is 2.18. The Hall–Kier alpha value is -1.33. The zero-order valence-corrected chi connectivity index (χ0v) is 12.2. The van der Waals surface area contributed by atoms with E-state index in [0.717, 1.165) is 16.5 Å². The molecule has 0 atom stereocenters. The van der Waals surface area contributed by atoms with Gasteiger partial charge in [0.25, 0.3) is 0 Å². The van der Waals surface area contributed by atoms with E-state index in [2.05, 4.69) is 47.7 Å². The Kier molecular flexibility index (Phi) is 2.68. The highest BCUT2D eigenvalue weighted by molar-refractivity contribution is 7.18. The molecule has 3 nitrogen and oxygen atoms in total. The Morgan fingerprint density at radius 3 is 2.78 bits per heavy atom. The second-order valence-corrected chi connectivity index (χ2v) is 6.77. The zero-order chi connectivity index (χ0) is 12.9. The molecule has 0 amide bonds. The first-order chi connectivity index (χ1) is 8.59. The minimum atomic E-state index is 0.355. The minimum absolute atomic E-state index is 0.355. The molecule has 0 unspecified atom stereocenters. The first kappa shape index (κ1) is 11.7. The number of hydrogen-bond acceptors (Lipinski definition) is 4. The van der Waals surface area contributed by atoms with Crippen LogP contribution in [-0.4, -0.2) is 9.38 Å². The van der Waals surface area contributed by atoms with Crippen molar-refractivity contribution < 1.29 is 0 Å². The summed E-state index contributed by atoms with van der Waals surface area (Å²) in [4.78, 5) is 8.18. The maximum Gasteiger partial charge on any atom is 0.196 e. The third-order valence-electron chi connectivity index (χ3n) is 3.01. The SMILES string of the molecule is Cc1sc2nc(C(C)C)c(N)n2c1-c1cccs1. The molecule has 0 aliphatic heterocycles. The lowest BCUT2D eigenvalue weighted by Gasteiger charge is -2.04. The average molecular weight is 277 g/mol. The maximum atomic E-state index is 6.27. The van der Waals surface area contributed by atoms with E-state index in [4.69, 9.17) is 5.73 Å². The maximum absolute atomic E-state index is 6.27. The number of nitrogen functional groups attached to an aromatic ring is 1. The molecule has 3 rings (SSSR count). The Balaban J connectivity index is 2.34. The largest absolute Gasteiger partial charge is 0.383 e. The molecule has 0 spiro atoms. The number of fused-ring (bicyclic) bond motifs is 1. The van der Waals surface area contributed by atoms with Crippen LogP contribution in [0.15, 0.2) is 17.5 Å². The van der Waals surface area contributed by atoms with E-state index in [1.54, 1.807) is 22.7 Å². The lowest BCUT2D eigenvalue weighted by Crippen LogP contribution is -1.99. The molecule has 0 radical (unpaired) electrons. The smallest absolute Gasteiger partial charge is 0.196 e. The third kappa shape index (κ3) is 1.58. The van der Waals surface area contributed by atoms with Crippen LogP contribution in [0, 0.1) is 6.92 Å². The molecule has 0 aliphatic rings. The molecular weight excluding hydrogens is 262 g/mol. The average Bonchev–Trinajstić information content (AvgIpc) is 2.96. The van der Waals surface area contributed by atoms with Crippen molar-refractivity contribution in [3.8, 4) is 10.6 Å². The molecule has 94 valence electrons. The summed E-state index contributed by atoms with van der Waals surface area (Å²) in [6.07, 6.45) is 0. The van der Waals surface area contributed by atoms with Crippen LogP contribution in [0.5, 0.6) is 0 Å². The molecule has 18 heavy (non-hydrogen) atoms. The van der Waals surface area contributed by atoms with Crippen molar-refractivity contribution in [1.82, 2.24) is 9.38 Å². The van der Waals surface area contributed by atoms with Gasteiger partial charge in [0.15, 0.2) is 4.96 Å². The second-order valence-electron chi connectivity index (χ2n) is 4.64. The fraction of sp³-hybridized carbons (Fsp3) is 0.308. The summed E-state index contributed by atoms with van der Waals surface area (Å²) in [5, 5.41) is 2.09. The van der Waals surface area contributed by atoms with Crippen LogP contribution >= 0.6 is 22.7 Å². The van der Waals surface area contributed by atoms with Gasteiger partial charge in [-0.3, -0.25) is 4.40 Å². The summed E-state index contributed by atoms with van der Waals surface area (Å²) in [7, 11) is 0. The molecule has 3 aromatic rings. The van der Waals surface area contributed by atoms with Crippen molar-refractivity contribution in [3.05, 3.63) is 28.1 Å². The van der Waals surface area contributed by atoms with Gasteiger partial charge in [-0.15, -0.1) is 22.7 Å². The molecule has 3 aromatic heterocycles. The Bertz CT molecular complexity index is 690. The van der Waals surface area contributed by atoms with Gasteiger partial charge in [-0.05, 0) is 24.3 Å². The molecule has 0 saturated carbocycles. The van der Waals surface area contributed by atoms with Gasteiger partial charge >= 0.3 is 0 Å². The molecule has 5 heteroatoms. The predicted octanol–water partition coefficient (Wildman–Crippen LogP) is 4.14. The number of nitrogens with zero attached hydrogens (tertiary/aromatic N) is 2. The van der Waals surface area contributed by atoms with Crippen molar-refractivity contribution in [2.75, 3.05) is 5.73 Å². The van der Waals surface area contributed by atoms with Gasteiger partial charge in [-0.25, -0.2) is 4.98 Å². The van der Waals surface area contributed by atoms with Crippen molar-refractivity contribution in [1.29, 1.82) is 0 Å². The highest BCUT2D eigenvalue weighted by Gasteiger charge is 2.20. The van der Waals surface area contributed by atoms with Gasteiger partial charge in [0.1, 0.15) is 5.82 Å². The van der Waals surface area contributed by atoms with Gasteiger partial charge in [-0.2, -0.15) is 0 Å². The van der Waals surface area contributed by atoms with Crippen LogP contribution in [0.3, 0.4) is 0 Å². The van der Waals surface area contributed by atoms with E-state index < -0.39 is 0 Å². The monoisotopic (exact) mass is 277 g/mol. The molecule has 3 heterocycles. The van der Waals surface area contributed by atoms with Crippen LogP contribution < -0.4 is 5.73 Å². The lowest BCUT2D eigenvalue weighted by molar-refractivity contribution is 0.838. The zero-order valence-electron chi connectivity index (χ0n) is 10.6. The molecule has 0 aromatic carbocycles. The van der Waals surface area contributed by atoms with Crippen molar-refractivity contribution in [2.24, 2.45) is 0 Å². The Labute approximate surface area is 114 Å². The van der Waals surface area contributed by atoms with Crippen LogP contribution in [0.2, 0.25) is 0 Å². The van der Waals surface area contributed by atoms with Gasteiger partial charge in [0.2, 0.25) is 0 Å². The van der Waals surface area contributed by atoms with Crippen molar-refractivity contribution >= 4 is 33.5 Å². The van der Waals surface area contributed by atoms with Crippen molar-refractivity contribution in [3.63, 3.8) is 0 Å². The number of imidazole rings is 1. The summed E-state index contributed by atoms with van der Waals surface area (Å²) < 4.78 is 2.10. The molecule has 0 saturated heterocycles. The molecule has 0 aliphatic carbocycles. The molecule has 0 bridgehead atoms. The minimum Gasteiger partial charge on any atom is -0.383 e. The Morgan fingerprint density at radius 1 is 1.39 bits per heavy atom. The van der Waals surface area contributed by atoms with E-state index in [-0.39, 0.29) is 0 Å². The van der Waals surface area contributed by atoms with Gasteiger partial charge in [0, 0.05) is 4.88 Å². The van der Waals surface area contributed by atoms with E-state index in [0.29, 0.717) is 5.92 Å². The number of aromatic nitrogens is 2. The number of thiophene rings is 1. The highest BCUT2D eigenvalue weighted by atomic mass is 32.1. The number of aryl methyl sites for hydroxylation is 1. The summed E-state index contributed by atoms with van der Waals surface area (Å²) in [5.74, 6) is 1.14. The number of thiazole rings is 1. The fourth-order valence-corrected chi connectivity index (χ4v) is 4.06. The van der Waals surface area contributed by atoms with Crippen LogP contribution in [0.1, 0.15) is 30.3 Å². The number of anilines is 1. The summed E-state index contributed by atoms with van der Waals surface area (Å²) in [6, 6.07) is 4.20.